The van der Waals surface area contributed by atoms with E-state index in [1.54, 1.807) is 0 Å². The third kappa shape index (κ3) is 3.98. The fraction of sp³-hybridized carbons (Fsp3) is 0.250. The van der Waals surface area contributed by atoms with Crippen molar-refractivity contribution in [3.05, 3.63) is 64.7 Å². The van der Waals surface area contributed by atoms with Gasteiger partial charge in [-0.3, -0.25) is 0 Å². The van der Waals surface area contributed by atoms with Gasteiger partial charge < -0.3 is 10.5 Å². The zero-order valence-electron chi connectivity index (χ0n) is 11.0. The molecular formula is C16H18ClNO. The third-order valence-electron chi connectivity index (χ3n) is 3.04. The van der Waals surface area contributed by atoms with Crippen molar-refractivity contribution in [3.8, 4) is 5.75 Å². The Balaban J connectivity index is 1.96. The van der Waals surface area contributed by atoms with Crippen LogP contribution in [0.5, 0.6) is 5.75 Å². The molecule has 0 spiro atoms. The quantitative estimate of drug-likeness (QED) is 0.881. The number of nitrogens with two attached hydrogens (primary N) is 1. The predicted octanol–water partition coefficient (Wildman–Crippen LogP) is 4.33. The van der Waals surface area contributed by atoms with Crippen LogP contribution >= 0.6 is 11.6 Å². The number of rotatable bonds is 5. The van der Waals surface area contributed by atoms with Gasteiger partial charge >= 0.3 is 0 Å². The van der Waals surface area contributed by atoms with Gasteiger partial charge in [0.15, 0.2) is 0 Å². The van der Waals surface area contributed by atoms with Crippen LogP contribution in [0.4, 0.5) is 0 Å². The van der Waals surface area contributed by atoms with E-state index in [2.05, 4.69) is 6.92 Å². The molecule has 0 aromatic heterocycles. The normalized spacial score (nSPS) is 12.2. The van der Waals surface area contributed by atoms with Gasteiger partial charge in [0, 0.05) is 11.1 Å². The standard InChI is InChI=1S/C16H18ClNO/c1-2-16(18)13-6-8-15(9-7-13)19-11-12-4-3-5-14(17)10-12/h3-10,16H,2,11,18H2,1H3/t16-/m1/s1. The monoisotopic (exact) mass is 275 g/mol. The lowest BCUT2D eigenvalue weighted by atomic mass is 10.1. The maximum absolute atomic E-state index is 5.97. The molecule has 0 aliphatic carbocycles. The van der Waals surface area contributed by atoms with Crippen LogP contribution in [0.2, 0.25) is 5.02 Å². The third-order valence-corrected chi connectivity index (χ3v) is 3.28. The lowest BCUT2D eigenvalue weighted by Crippen LogP contribution is -2.08. The lowest BCUT2D eigenvalue weighted by molar-refractivity contribution is 0.306. The van der Waals surface area contributed by atoms with Gasteiger partial charge in [0.2, 0.25) is 0 Å². The average molecular weight is 276 g/mol. The van der Waals surface area contributed by atoms with Gasteiger partial charge in [-0.25, -0.2) is 0 Å². The van der Waals surface area contributed by atoms with E-state index in [1.807, 2.05) is 48.5 Å². The Hall–Kier alpha value is -1.51. The summed E-state index contributed by atoms with van der Waals surface area (Å²) in [5.74, 6) is 0.840. The molecule has 3 heteroatoms. The van der Waals surface area contributed by atoms with E-state index in [0.717, 1.165) is 28.3 Å². The van der Waals surface area contributed by atoms with Crippen LogP contribution in [0.25, 0.3) is 0 Å². The second-order valence-electron chi connectivity index (χ2n) is 4.50. The number of benzene rings is 2. The van der Waals surface area contributed by atoms with Gasteiger partial charge in [0.1, 0.15) is 12.4 Å². The molecule has 0 aliphatic rings. The van der Waals surface area contributed by atoms with Crippen molar-refractivity contribution in [3.63, 3.8) is 0 Å². The van der Waals surface area contributed by atoms with Crippen LogP contribution in [0.3, 0.4) is 0 Å². The molecule has 19 heavy (non-hydrogen) atoms. The lowest BCUT2D eigenvalue weighted by Gasteiger charge is -2.11. The second kappa shape index (κ2) is 6.60. The van der Waals surface area contributed by atoms with Crippen LogP contribution in [-0.2, 0) is 6.61 Å². The first kappa shape index (κ1) is 13.9. The van der Waals surface area contributed by atoms with E-state index in [0.29, 0.717) is 6.61 Å². The van der Waals surface area contributed by atoms with Crippen molar-refractivity contribution in [2.75, 3.05) is 0 Å². The highest BCUT2D eigenvalue weighted by Gasteiger charge is 2.03. The maximum Gasteiger partial charge on any atom is 0.119 e. The summed E-state index contributed by atoms with van der Waals surface area (Å²) in [5, 5.41) is 0.727. The number of hydrogen-bond donors (Lipinski definition) is 1. The molecule has 2 nitrogen and oxygen atoms in total. The minimum atomic E-state index is 0.0991. The molecule has 0 unspecified atom stereocenters. The van der Waals surface area contributed by atoms with Crippen molar-refractivity contribution >= 4 is 11.6 Å². The molecule has 2 aromatic carbocycles. The van der Waals surface area contributed by atoms with Crippen LogP contribution < -0.4 is 10.5 Å². The number of hydrogen-bond acceptors (Lipinski definition) is 2. The van der Waals surface area contributed by atoms with Gasteiger partial charge in [0.05, 0.1) is 0 Å². The van der Waals surface area contributed by atoms with Crippen LogP contribution in [0, 0.1) is 0 Å². The Bertz CT molecular complexity index is 525. The van der Waals surface area contributed by atoms with Crippen LogP contribution in [-0.4, -0.2) is 0 Å². The van der Waals surface area contributed by atoms with E-state index in [-0.39, 0.29) is 6.04 Å². The zero-order valence-corrected chi connectivity index (χ0v) is 11.7. The van der Waals surface area contributed by atoms with E-state index in [1.165, 1.54) is 0 Å². The molecule has 0 saturated heterocycles. The molecule has 2 N–H and O–H groups in total. The number of ether oxygens (including phenoxy) is 1. The van der Waals surface area contributed by atoms with E-state index < -0.39 is 0 Å². The van der Waals surface area contributed by atoms with Crippen molar-refractivity contribution in [2.45, 2.75) is 26.0 Å². The van der Waals surface area contributed by atoms with E-state index in [9.17, 15) is 0 Å². The van der Waals surface area contributed by atoms with Crippen molar-refractivity contribution in [1.29, 1.82) is 0 Å². The summed E-state index contributed by atoms with van der Waals surface area (Å²) in [6.07, 6.45) is 0.933. The van der Waals surface area contributed by atoms with E-state index in [4.69, 9.17) is 22.1 Å². The highest BCUT2D eigenvalue weighted by atomic mass is 35.5. The van der Waals surface area contributed by atoms with Gasteiger partial charge in [-0.2, -0.15) is 0 Å². The molecule has 0 bridgehead atoms. The van der Waals surface area contributed by atoms with Crippen molar-refractivity contribution < 1.29 is 4.74 Å². The molecule has 2 rings (SSSR count). The first-order valence-corrected chi connectivity index (χ1v) is 6.79. The first-order valence-electron chi connectivity index (χ1n) is 6.42. The van der Waals surface area contributed by atoms with Gasteiger partial charge in [-0.05, 0) is 41.8 Å². The predicted molar refractivity (Wildman–Crippen MR) is 79.4 cm³/mol. The summed E-state index contributed by atoms with van der Waals surface area (Å²) in [4.78, 5) is 0. The van der Waals surface area contributed by atoms with E-state index >= 15 is 0 Å². The Morgan fingerprint density at radius 1 is 1.16 bits per heavy atom. The molecule has 0 fully saturated rings. The topological polar surface area (TPSA) is 35.2 Å². The van der Waals surface area contributed by atoms with Gasteiger partial charge in [-0.1, -0.05) is 42.8 Å². The summed E-state index contributed by atoms with van der Waals surface area (Å²) in [6, 6.07) is 15.7. The number of halogens is 1. The second-order valence-corrected chi connectivity index (χ2v) is 4.94. The highest BCUT2D eigenvalue weighted by molar-refractivity contribution is 6.30. The fourth-order valence-electron chi connectivity index (χ4n) is 1.84. The summed E-state index contributed by atoms with van der Waals surface area (Å²) in [5.41, 5.74) is 8.16. The molecule has 0 radical (unpaired) electrons. The maximum atomic E-state index is 5.97. The van der Waals surface area contributed by atoms with Crippen LogP contribution in [0.15, 0.2) is 48.5 Å². The molecule has 100 valence electrons. The van der Waals surface area contributed by atoms with Gasteiger partial charge in [0.25, 0.3) is 0 Å². The minimum Gasteiger partial charge on any atom is -0.489 e. The molecule has 1 atom stereocenters. The molecule has 0 saturated carbocycles. The summed E-state index contributed by atoms with van der Waals surface area (Å²) in [7, 11) is 0. The van der Waals surface area contributed by atoms with Gasteiger partial charge in [-0.15, -0.1) is 0 Å². The highest BCUT2D eigenvalue weighted by Crippen LogP contribution is 2.19. The zero-order chi connectivity index (χ0) is 13.7. The largest absolute Gasteiger partial charge is 0.489 e. The molecular weight excluding hydrogens is 258 g/mol. The first-order chi connectivity index (χ1) is 9.19. The Kier molecular flexibility index (Phi) is 4.83. The summed E-state index contributed by atoms with van der Waals surface area (Å²) >= 11 is 5.93. The van der Waals surface area contributed by atoms with Crippen LogP contribution in [0.1, 0.15) is 30.5 Å². The molecule has 0 heterocycles. The van der Waals surface area contributed by atoms with Crippen molar-refractivity contribution in [2.24, 2.45) is 5.73 Å². The average Bonchev–Trinajstić information content (AvgIpc) is 2.45. The summed E-state index contributed by atoms with van der Waals surface area (Å²) < 4.78 is 5.72. The minimum absolute atomic E-state index is 0.0991. The Morgan fingerprint density at radius 2 is 1.89 bits per heavy atom. The Labute approximate surface area is 119 Å². The Morgan fingerprint density at radius 3 is 2.53 bits per heavy atom. The molecule has 0 aliphatic heterocycles. The smallest absolute Gasteiger partial charge is 0.119 e. The summed E-state index contributed by atoms with van der Waals surface area (Å²) in [6.45, 7) is 2.59. The fourth-order valence-corrected chi connectivity index (χ4v) is 2.05. The molecule has 2 aromatic rings. The molecule has 0 amide bonds. The van der Waals surface area contributed by atoms with Crippen molar-refractivity contribution in [1.82, 2.24) is 0 Å². The SMILES string of the molecule is CC[C@@H](N)c1ccc(OCc2cccc(Cl)c2)cc1.